The van der Waals surface area contributed by atoms with Crippen molar-refractivity contribution in [3.05, 3.63) is 11.8 Å². The van der Waals surface area contributed by atoms with Crippen LogP contribution in [0.1, 0.15) is 37.8 Å². The molecule has 2 N–H and O–H groups in total. The predicted molar refractivity (Wildman–Crippen MR) is 76.6 cm³/mol. The van der Waals surface area contributed by atoms with Crippen LogP contribution in [0.2, 0.25) is 0 Å². The van der Waals surface area contributed by atoms with E-state index < -0.39 is 0 Å². The minimum atomic E-state index is 0.517. The van der Waals surface area contributed by atoms with Crippen LogP contribution in [0.3, 0.4) is 0 Å². The second-order valence-electron chi connectivity index (χ2n) is 5.13. The Labute approximate surface area is 115 Å². The summed E-state index contributed by atoms with van der Waals surface area (Å²) in [6.07, 6.45) is 6.33. The van der Waals surface area contributed by atoms with Gasteiger partial charge in [-0.2, -0.15) is 4.98 Å². The van der Waals surface area contributed by atoms with Gasteiger partial charge < -0.3 is 15.4 Å². The quantitative estimate of drug-likeness (QED) is 0.880. The summed E-state index contributed by atoms with van der Waals surface area (Å²) in [4.78, 5) is 11.3. The van der Waals surface area contributed by atoms with Crippen molar-refractivity contribution in [1.29, 1.82) is 0 Å². The molecule has 106 valence electrons. The number of nitrogens with two attached hydrogens (primary N) is 1. The predicted octanol–water partition coefficient (Wildman–Crippen LogP) is 1.89. The number of anilines is 1. The van der Waals surface area contributed by atoms with E-state index in [1.807, 2.05) is 13.0 Å². The van der Waals surface area contributed by atoms with Crippen LogP contribution in [0, 0.1) is 6.92 Å². The molecule has 0 atom stereocenters. The molecular formula is C14H24N4O. The molecule has 19 heavy (non-hydrogen) atoms. The molecule has 1 aromatic rings. The molecule has 0 unspecified atom stereocenters. The van der Waals surface area contributed by atoms with Crippen molar-refractivity contribution < 1.29 is 4.74 Å². The van der Waals surface area contributed by atoms with E-state index in [0.717, 1.165) is 18.2 Å². The van der Waals surface area contributed by atoms with Crippen LogP contribution < -0.4 is 15.4 Å². The fourth-order valence-electron chi connectivity index (χ4n) is 2.74. The first-order valence-corrected chi connectivity index (χ1v) is 7.11. The summed E-state index contributed by atoms with van der Waals surface area (Å²) in [5.74, 6) is 1.38. The molecule has 0 radical (unpaired) electrons. The Bertz CT molecular complexity index is 404. The molecule has 1 aromatic heterocycles. The third-order valence-electron chi connectivity index (χ3n) is 3.67. The maximum atomic E-state index is 5.75. The van der Waals surface area contributed by atoms with Crippen LogP contribution in [0.5, 0.6) is 5.88 Å². The molecule has 0 amide bonds. The number of aromatic nitrogens is 2. The van der Waals surface area contributed by atoms with Crippen molar-refractivity contribution in [3.8, 4) is 5.88 Å². The van der Waals surface area contributed by atoms with E-state index in [0.29, 0.717) is 18.5 Å². The van der Waals surface area contributed by atoms with Crippen LogP contribution >= 0.6 is 0 Å². The molecule has 1 fully saturated rings. The molecular weight excluding hydrogens is 240 g/mol. The molecule has 1 aliphatic carbocycles. The van der Waals surface area contributed by atoms with E-state index in [4.69, 9.17) is 10.5 Å². The van der Waals surface area contributed by atoms with Crippen molar-refractivity contribution >= 4 is 5.95 Å². The highest BCUT2D eigenvalue weighted by Crippen LogP contribution is 2.26. The highest BCUT2D eigenvalue weighted by molar-refractivity contribution is 5.36. The second-order valence-corrected chi connectivity index (χ2v) is 5.13. The number of aryl methyl sites for hydroxylation is 1. The van der Waals surface area contributed by atoms with Crippen LogP contribution in [0.4, 0.5) is 5.95 Å². The largest absolute Gasteiger partial charge is 0.481 e. The Morgan fingerprint density at radius 2 is 2.05 bits per heavy atom. The SMILES string of the molecule is COc1cc(C)nc(N(CCN)C2CCCCC2)n1. The summed E-state index contributed by atoms with van der Waals surface area (Å²) >= 11 is 0. The molecule has 0 aromatic carbocycles. The molecule has 5 heteroatoms. The first kappa shape index (κ1) is 14.1. The van der Waals surface area contributed by atoms with Gasteiger partial charge >= 0.3 is 0 Å². The van der Waals surface area contributed by atoms with Gasteiger partial charge in [0.15, 0.2) is 0 Å². The van der Waals surface area contributed by atoms with Gasteiger partial charge in [-0.1, -0.05) is 19.3 Å². The molecule has 1 heterocycles. The van der Waals surface area contributed by atoms with E-state index in [1.54, 1.807) is 7.11 Å². The zero-order valence-electron chi connectivity index (χ0n) is 11.9. The standard InChI is InChI=1S/C14H24N4O/c1-11-10-13(19-2)17-14(16-11)18(9-8-15)12-6-4-3-5-7-12/h10,12H,3-9,15H2,1-2H3. The lowest BCUT2D eigenvalue weighted by atomic mass is 9.94. The zero-order chi connectivity index (χ0) is 13.7. The summed E-state index contributed by atoms with van der Waals surface area (Å²) in [6, 6.07) is 2.37. The van der Waals surface area contributed by atoms with Crippen molar-refractivity contribution in [1.82, 2.24) is 9.97 Å². The molecule has 0 spiro atoms. The Hall–Kier alpha value is -1.36. The average Bonchev–Trinajstić information content (AvgIpc) is 2.45. The summed E-state index contributed by atoms with van der Waals surface area (Å²) in [5, 5.41) is 0. The fourth-order valence-corrected chi connectivity index (χ4v) is 2.74. The fraction of sp³-hybridized carbons (Fsp3) is 0.714. The lowest BCUT2D eigenvalue weighted by Crippen LogP contribution is -2.41. The minimum Gasteiger partial charge on any atom is -0.481 e. The highest BCUT2D eigenvalue weighted by Gasteiger charge is 2.23. The van der Waals surface area contributed by atoms with Gasteiger partial charge in [0, 0.05) is 30.9 Å². The molecule has 1 aliphatic rings. The average molecular weight is 264 g/mol. The van der Waals surface area contributed by atoms with Gasteiger partial charge in [0.2, 0.25) is 11.8 Å². The molecule has 0 bridgehead atoms. The maximum absolute atomic E-state index is 5.75. The van der Waals surface area contributed by atoms with Gasteiger partial charge in [-0.25, -0.2) is 4.98 Å². The van der Waals surface area contributed by atoms with Crippen LogP contribution in [-0.2, 0) is 0 Å². The van der Waals surface area contributed by atoms with Gasteiger partial charge in [0.05, 0.1) is 7.11 Å². The topological polar surface area (TPSA) is 64.3 Å². The van der Waals surface area contributed by atoms with E-state index >= 15 is 0 Å². The maximum Gasteiger partial charge on any atom is 0.229 e. The third-order valence-corrected chi connectivity index (χ3v) is 3.67. The first-order chi connectivity index (χ1) is 9.24. The summed E-state index contributed by atoms with van der Waals surface area (Å²) < 4.78 is 5.24. The lowest BCUT2D eigenvalue weighted by Gasteiger charge is -2.34. The number of methoxy groups -OCH3 is 1. The number of nitrogens with zero attached hydrogens (tertiary/aromatic N) is 3. The van der Waals surface area contributed by atoms with Crippen LogP contribution in [0.15, 0.2) is 6.07 Å². The Morgan fingerprint density at radius 3 is 2.68 bits per heavy atom. The van der Waals surface area contributed by atoms with Gasteiger partial charge in [-0.05, 0) is 19.8 Å². The van der Waals surface area contributed by atoms with Crippen molar-refractivity contribution in [2.45, 2.75) is 45.1 Å². The Kier molecular flexibility index (Phi) is 4.96. The summed E-state index contributed by atoms with van der Waals surface area (Å²) in [6.45, 7) is 3.39. The third kappa shape index (κ3) is 3.56. The monoisotopic (exact) mass is 264 g/mol. The second kappa shape index (κ2) is 6.70. The first-order valence-electron chi connectivity index (χ1n) is 7.11. The van der Waals surface area contributed by atoms with Crippen molar-refractivity contribution in [2.75, 3.05) is 25.1 Å². The number of ether oxygens (including phenoxy) is 1. The smallest absolute Gasteiger partial charge is 0.229 e. The van der Waals surface area contributed by atoms with Gasteiger partial charge in [0.25, 0.3) is 0 Å². The van der Waals surface area contributed by atoms with E-state index in [-0.39, 0.29) is 0 Å². The van der Waals surface area contributed by atoms with Crippen LogP contribution in [0.25, 0.3) is 0 Å². The van der Waals surface area contributed by atoms with Crippen LogP contribution in [-0.4, -0.2) is 36.2 Å². The number of hydrogen-bond donors (Lipinski definition) is 1. The van der Waals surface area contributed by atoms with E-state index in [1.165, 1.54) is 32.1 Å². The Morgan fingerprint density at radius 1 is 1.32 bits per heavy atom. The number of hydrogen-bond acceptors (Lipinski definition) is 5. The van der Waals surface area contributed by atoms with E-state index in [9.17, 15) is 0 Å². The lowest BCUT2D eigenvalue weighted by molar-refractivity contribution is 0.389. The molecule has 1 saturated carbocycles. The summed E-state index contributed by atoms with van der Waals surface area (Å²) in [7, 11) is 1.64. The van der Waals surface area contributed by atoms with Gasteiger partial charge in [-0.3, -0.25) is 0 Å². The molecule has 5 nitrogen and oxygen atoms in total. The highest BCUT2D eigenvalue weighted by atomic mass is 16.5. The van der Waals surface area contributed by atoms with E-state index in [2.05, 4.69) is 14.9 Å². The molecule has 0 aliphatic heterocycles. The molecule has 2 rings (SSSR count). The molecule has 0 saturated heterocycles. The van der Waals surface area contributed by atoms with Gasteiger partial charge in [0.1, 0.15) is 0 Å². The Balaban J connectivity index is 2.24. The number of rotatable bonds is 5. The van der Waals surface area contributed by atoms with Crippen molar-refractivity contribution in [2.24, 2.45) is 5.73 Å². The normalized spacial score (nSPS) is 16.4. The minimum absolute atomic E-state index is 0.517. The zero-order valence-corrected chi connectivity index (χ0v) is 11.9. The summed E-state index contributed by atoms with van der Waals surface area (Å²) in [5.41, 5.74) is 6.68. The van der Waals surface area contributed by atoms with Crippen molar-refractivity contribution in [3.63, 3.8) is 0 Å². The van der Waals surface area contributed by atoms with Gasteiger partial charge in [-0.15, -0.1) is 0 Å².